The molecule has 3 N–H and O–H groups in total. The number of amides is 2. The van der Waals surface area contributed by atoms with Crippen LogP contribution in [0.4, 0.5) is 24.8 Å². The Hall–Kier alpha value is -3.70. The van der Waals surface area contributed by atoms with Gasteiger partial charge in [0.2, 0.25) is 0 Å². The number of nitrogen functional groups attached to an aromatic ring is 1. The number of carbonyl (C=O) groups excluding carboxylic acids is 2. The lowest BCUT2D eigenvalue weighted by molar-refractivity contribution is -0.137. The number of rotatable bonds is 3. The van der Waals surface area contributed by atoms with Crippen LogP contribution in [-0.4, -0.2) is 31.4 Å². The van der Waals surface area contributed by atoms with Gasteiger partial charge in [0.25, 0.3) is 11.8 Å². The predicted octanol–water partition coefficient (Wildman–Crippen LogP) is 1.26. The Kier molecular flexibility index (Phi) is 4.41. The third kappa shape index (κ3) is 3.31. The number of pyridine rings is 1. The van der Waals surface area contributed by atoms with Crippen molar-refractivity contribution in [1.82, 2.24) is 19.5 Å². The van der Waals surface area contributed by atoms with Crippen LogP contribution in [-0.2, 0) is 15.8 Å². The maximum absolute atomic E-state index is 13.3. The molecule has 0 fully saturated rings. The van der Waals surface area contributed by atoms with Gasteiger partial charge in [-0.1, -0.05) is 0 Å². The summed E-state index contributed by atoms with van der Waals surface area (Å²) in [6.45, 7) is 2.84. The fraction of sp³-hybridized carbons (Fsp3) is 0.188. The lowest BCUT2D eigenvalue weighted by Crippen LogP contribution is -2.37. The molecule has 0 saturated heterocycles. The smallest absolute Gasteiger partial charge is 0.383 e. The Bertz CT molecular complexity index is 1070. The van der Waals surface area contributed by atoms with Gasteiger partial charge in [-0.2, -0.15) is 23.2 Å². The van der Waals surface area contributed by atoms with Gasteiger partial charge in [0.05, 0.1) is 5.56 Å². The summed E-state index contributed by atoms with van der Waals surface area (Å²) >= 11 is 0. The molecule has 0 radical (unpaired) electrons. The average Bonchev–Trinajstić information content (AvgIpc) is 2.78. The number of halogens is 3. The van der Waals surface area contributed by atoms with Gasteiger partial charge < -0.3 is 5.73 Å². The number of imide groups is 1. The predicted molar refractivity (Wildman–Crippen MR) is 90.9 cm³/mol. The number of carbonyl (C=O) groups is 2. The summed E-state index contributed by atoms with van der Waals surface area (Å²) in [7, 11) is 0. The van der Waals surface area contributed by atoms with E-state index in [0.717, 1.165) is 10.8 Å². The maximum Gasteiger partial charge on any atom is 0.416 e. The molecule has 2 aromatic rings. The van der Waals surface area contributed by atoms with Crippen LogP contribution in [0.25, 0.3) is 5.82 Å². The van der Waals surface area contributed by atoms with E-state index in [-0.39, 0.29) is 17.0 Å². The van der Waals surface area contributed by atoms with Crippen molar-refractivity contribution in [3.8, 4) is 5.82 Å². The second kappa shape index (κ2) is 6.48. The van der Waals surface area contributed by atoms with Crippen LogP contribution in [0.5, 0.6) is 0 Å². The van der Waals surface area contributed by atoms with Gasteiger partial charge in [0.15, 0.2) is 0 Å². The van der Waals surface area contributed by atoms with E-state index >= 15 is 0 Å². The molecule has 3 heterocycles. The first-order valence-corrected chi connectivity index (χ1v) is 7.77. The normalized spacial score (nSPS) is 14.8. The van der Waals surface area contributed by atoms with Crippen LogP contribution in [0, 0.1) is 0 Å². The van der Waals surface area contributed by atoms with Crippen molar-refractivity contribution in [1.29, 1.82) is 0 Å². The van der Waals surface area contributed by atoms with Gasteiger partial charge >= 0.3 is 11.9 Å². The fourth-order valence-corrected chi connectivity index (χ4v) is 2.42. The average molecular weight is 394 g/mol. The van der Waals surface area contributed by atoms with Gasteiger partial charge in [-0.05, 0) is 32.0 Å². The molecule has 0 bridgehead atoms. The molecule has 0 spiro atoms. The summed E-state index contributed by atoms with van der Waals surface area (Å²) in [5.74, 6) is -2.42. The van der Waals surface area contributed by atoms with Gasteiger partial charge in [0.1, 0.15) is 17.5 Å². The maximum atomic E-state index is 13.3. The Morgan fingerprint density at radius 2 is 1.64 bits per heavy atom. The molecule has 2 amide bonds. The topological polar surface area (TPSA) is 123 Å². The summed E-state index contributed by atoms with van der Waals surface area (Å²) in [6.07, 6.45) is -3.67. The first-order chi connectivity index (χ1) is 13.0. The zero-order chi connectivity index (χ0) is 20.8. The molecule has 0 saturated carbocycles. The molecule has 3 rings (SSSR count). The number of anilines is 2. The quantitative estimate of drug-likeness (QED) is 0.751. The molecule has 0 unspecified atom stereocenters. The third-order valence-corrected chi connectivity index (χ3v) is 4.05. The summed E-state index contributed by atoms with van der Waals surface area (Å²) in [6, 6.07) is 2.45. The van der Waals surface area contributed by atoms with Crippen molar-refractivity contribution in [2.75, 3.05) is 11.2 Å². The minimum Gasteiger partial charge on any atom is -0.383 e. The van der Waals surface area contributed by atoms with Crippen LogP contribution in [0.15, 0.2) is 40.3 Å². The first kappa shape index (κ1) is 19.1. The van der Waals surface area contributed by atoms with E-state index in [1.807, 2.05) is 0 Å². The van der Waals surface area contributed by atoms with Gasteiger partial charge in [-0.3, -0.25) is 19.6 Å². The van der Waals surface area contributed by atoms with Crippen LogP contribution in [0.2, 0.25) is 0 Å². The second-order valence-corrected chi connectivity index (χ2v) is 5.91. The molecule has 2 aromatic heterocycles. The number of nitrogens with one attached hydrogen (secondary N) is 1. The minimum absolute atomic E-state index is 0.114. The number of aromatic nitrogens is 3. The molecule has 12 heteroatoms. The Morgan fingerprint density at radius 1 is 1.04 bits per heavy atom. The number of alkyl halides is 3. The summed E-state index contributed by atoms with van der Waals surface area (Å²) in [5.41, 5.74) is 5.87. The highest BCUT2D eigenvalue weighted by molar-refractivity contribution is 6.19. The second-order valence-electron chi connectivity index (χ2n) is 5.91. The highest BCUT2D eigenvalue weighted by Crippen LogP contribution is 2.32. The van der Waals surface area contributed by atoms with Gasteiger partial charge in [0, 0.05) is 17.3 Å². The van der Waals surface area contributed by atoms with Crippen molar-refractivity contribution < 1.29 is 22.8 Å². The van der Waals surface area contributed by atoms with E-state index in [9.17, 15) is 27.6 Å². The molecule has 146 valence electrons. The first-order valence-electron chi connectivity index (χ1n) is 7.77. The summed E-state index contributed by atoms with van der Waals surface area (Å²) in [4.78, 5) is 43.5. The van der Waals surface area contributed by atoms with Crippen molar-refractivity contribution in [3.63, 3.8) is 0 Å². The fourth-order valence-electron chi connectivity index (χ4n) is 2.42. The molecular weight excluding hydrogens is 381 g/mol. The highest BCUT2D eigenvalue weighted by atomic mass is 19.4. The molecule has 0 aliphatic carbocycles. The largest absolute Gasteiger partial charge is 0.416 e. The lowest BCUT2D eigenvalue weighted by atomic mass is 10.2. The third-order valence-electron chi connectivity index (χ3n) is 4.05. The molecular formula is C16H13F3N6O3. The van der Waals surface area contributed by atoms with Gasteiger partial charge in [-0.15, -0.1) is 0 Å². The number of hydrazine groups is 1. The minimum atomic E-state index is -4.78. The Labute approximate surface area is 155 Å². The summed E-state index contributed by atoms with van der Waals surface area (Å²) in [5, 5.41) is 0.556. The molecule has 0 aromatic carbocycles. The van der Waals surface area contributed by atoms with E-state index in [1.54, 1.807) is 0 Å². The van der Waals surface area contributed by atoms with Gasteiger partial charge in [-0.25, -0.2) is 9.78 Å². The highest BCUT2D eigenvalue weighted by Gasteiger charge is 2.36. The van der Waals surface area contributed by atoms with E-state index < -0.39 is 40.9 Å². The molecule has 1 aliphatic heterocycles. The number of nitrogens with zero attached hydrogens (tertiary/aromatic N) is 4. The van der Waals surface area contributed by atoms with E-state index in [1.165, 1.54) is 19.9 Å². The number of hydrogen-bond acceptors (Lipinski definition) is 7. The molecule has 0 atom stereocenters. The Morgan fingerprint density at radius 3 is 2.18 bits per heavy atom. The van der Waals surface area contributed by atoms with Crippen LogP contribution >= 0.6 is 0 Å². The summed E-state index contributed by atoms with van der Waals surface area (Å²) < 4.78 is 40.6. The lowest BCUT2D eigenvalue weighted by Gasteiger charge is -2.19. The van der Waals surface area contributed by atoms with Crippen molar-refractivity contribution in [2.24, 2.45) is 0 Å². The zero-order valence-corrected chi connectivity index (χ0v) is 14.5. The van der Waals surface area contributed by atoms with Crippen LogP contribution < -0.4 is 16.8 Å². The standard InChI is InChI=1S/C16H13F3N6O3/c1-7-8(2)14(27)25(13(7)26)23-11-5-9(16(17,18)19)6-12(22-11)24-4-3-10(20)21-15(24)28/h3-6H,1-2H3,(H,22,23)(H2,20,21,28). The SMILES string of the molecule is CC1=C(C)C(=O)N(Nc2cc(C(F)(F)F)cc(-n3ccc(N)nc3=O)n2)C1=O. The van der Waals surface area contributed by atoms with Crippen LogP contribution in [0.1, 0.15) is 19.4 Å². The molecule has 9 nitrogen and oxygen atoms in total. The molecule has 28 heavy (non-hydrogen) atoms. The van der Waals surface area contributed by atoms with Crippen molar-refractivity contribution in [3.05, 3.63) is 51.6 Å². The monoisotopic (exact) mass is 394 g/mol. The van der Waals surface area contributed by atoms with Crippen LogP contribution in [0.3, 0.4) is 0 Å². The van der Waals surface area contributed by atoms with Crippen molar-refractivity contribution in [2.45, 2.75) is 20.0 Å². The number of hydrogen-bond donors (Lipinski definition) is 2. The Balaban J connectivity index is 2.08. The number of nitrogens with two attached hydrogens (primary N) is 1. The van der Waals surface area contributed by atoms with E-state index in [2.05, 4.69) is 15.4 Å². The van der Waals surface area contributed by atoms with E-state index in [0.29, 0.717) is 17.1 Å². The van der Waals surface area contributed by atoms with Crippen molar-refractivity contribution >= 4 is 23.5 Å². The van der Waals surface area contributed by atoms with E-state index in [4.69, 9.17) is 5.73 Å². The zero-order valence-electron chi connectivity index (χ0n) is 14.5. The molecule has 1 aliphatic rings.